The van der Waals surface area contributed by atoms with Crippen molar-refractivity contribution >= 4 is 57.3 Å². The third kappa shape index (κ3) is 3.73. The first kappa shape index (κ1) is 17.5. The summed E-state index contributed by atoms with van der Waals surface area (Å²) in [6, 6.07) is 7.92. The van der Waals surface area contributed by atoms with Crippen molar-refractivity contribution in [3.63, 3.8) is 0 Å². The number of nitrogens with zero attached hydrogens (tertiary/aromatic N) is 3. The molecule has 0 spiro atoms. The number of benzene rings is 1. The van der Waals surface area contributed by atoms with Crippen molar-refractivity contribution < 1.29 is 4.55 Å². The maximum atomic E-state index is 12.5. The molecule has 0 amide bonds. The van der Waals surface area contributed by atoms with Gasteiger partial charge in [0.15, 0.2) is 0 Å². The molecule has 0 radical (unpaired) electrons. The molecule has 3 rings (SSSR count). The Labute approximate surface area is 156 Å². The summed E-state index contributed by atoms with van der Waals surface area (Å²) < 4.78 is 12.5. The molecule has 0 saturated heterocycles. The molecule has 110 valence electrons. The van der Waals surface area contributed by atoms with Gasteiger partial charge in [-0.2, -0.15) is 4.99 Å². The fourth-order valence-electron chi connectivity index (χ4n) is 2.38. The number of aliphatic imine (C=N–C) groups is 2. The van der Waals surface area contributed by atoms with Gasteiger partial charge in [-0.3, -0.25) is 0 Å². The zero-order valence-corrected chi connectivity index (χ0v) is 12.9. The Morgan fingerprint density at radius 1 is 1.23 bits per heavy atom. The van der Waals surface area contributed by atoms with E-state index in [0.717, 1.165) is 17.0 Å². The number of hydrogen-bond donors (Lipinski definition) is 0. The number of anilines is 1. The van der Waals surface area contributed by atoms with Gasteiger partial charge in [-0.05, 0) is 12.1 Å². The van der Waals surface area contributed by atoms with Crippen molar-refractivity contribution in [3.8, 4) is 0 Å². The number of amidine groups is 1. The molecule has 0 saturated carbocycles. The van der Waals surface area contributed by atoms with E-state index in [1.807, 2.05) is 67.6 Å². The van der Waals surface area contributed by atoms with Gasteiger partial charge in [-0.25, -0.2) is 4.99 Å². The number of rotatable bonds is 3. The van der Waals surface area contributed by atoms with Gasteiger partial charge in [0.1, 0.15) is 11.8 Å². The molecule has 1 aliphatic heterocycles. The molecule has 0 bridgehead atoms. The van der Waals surface area contributed by atoms with Gasteiger partial charge in [0, 0.05) is 36.5 Å². The Morgan fingerprint density at radius 2 is 2.00 bits per heavy atom. The van der Waals surface area contributed by atoms with E-state index in [1.54, 1.807) is 0 Å². The van der Waals surface area contributed by atoms with Gasteiger partial charge < -0.3 is 9.45 Å². The van der Waals surface area contributed by atoms with Gasteiger partial charge >= 0.3 is 34.7 Å². The Hall–Kier alpha value is -0.850. The average Bonchev–Trinajstić information content (AvgIpc) is 2.91. The summed E-state index contributed by atoms with van der Waals surface area (Å²) >= 11 is -1.22. The van der Waals surface area contributed by atoms with E-state index in [1.165, 1.54) is 0 Å². The topological polar surface area (TPSA) is 51.0 Å². The first-order valence-corrected chi connectivity index (χ1v) is 8.12. The predicted molar refractivity (Wildman–Crippen MR) is 96.7 cm³/mol. The first-order chi connectivity index (χ1) is 10.1. The second-order valence-electron chi connectivity index (χ2n) is 5.15. The van der Waals surface area contributed by atoms with Crippen molar-refractivity contribution in [2.75, 3.05) is 19.0 Å². The van der Waals surface area contributed by atoms with Crippen LogP contribution >= 0.6 is 0 Å². The predicted octanol–water partition coefficient (Wildman–Crippen LogP) is 1.66. The number of fused-ring (bicyclic) bond motifs is 1. The summed E-state index contributed by atoms with van der Waals surface area (Å²) in [7, 11) is 3.97. The van der Waals surface area contributed by atoms with E-state index in [0.29, 0.717) is 10.9 Å². The molecule has 1 aromatic carbocycles. The molecule has 2 aliphatic rings. The minimum absolute atomic E-state index is 0. The summed E-state index contributed by atoms with van der Waals surface area (Å²) in [6.45, 7) is 0. The van der Waals surface area contributed by atoms with Crippen molar-refractivity contribution in [1.82, 2.24) is 0 Å². The standard InChI is InChI=1S/C16H17N3OS.Na.H/c1-19(2)15-10-6-3-7-12(15)11-21(20)16-17-13-8-4-5-9-14(13)18-16;;/h3-10,13H,11H2,1-2H3;;. The molecule has 1 aliphatic carbocycles. The average molecular weight is 323 g/mol. The summed E-state index contributed by atoms with van der Waals surface area (Å²) in [5.41, 5.74) is 3.00. The second-order valence-corrected chi connectivity index (χ2v) is 6.50. The third-order valence-electron chi connectivity index (χ3n) is 3.41. The van der Waals surface area contributed by atoms with E-state index in [9.17, 15) is 4.55 Å². The molecular formula is C16H18N3NaOS. The Bertz CT molecular complexity index is 667. The molecule has 2 atom stereocenters. The van der Waals surface area contributed by atoms with E-state index in [-0.39, 0.29) is 35.6 Å². The molecule has 22 heavy (non-hydrogen) atoms. The van der Waals surface area contributed by atoms with Crippen LogP contribution < -0.4 is 4.90 Å². The van der Waals surface area contributed by atoms with Crippen LogP contribution in [0.3, 0.4) is 0 Å². The van der Waals surface area contributed by atoms with Gasteiger partial charge in [-0.1, -0.05) is 36.4 Å². The quantitative estimate of drug-likeness (QED) is 0.627. The third-order valence-corrected chi connectivity index (χ3v) is 4.59. The van der Waals surface area contributed by atoms with Crippen LogP contribution in [0.15, 0.2) is 58.6 Å². The number of hydrogen-bond acceptors (Lipinski definition) is 4. The zero-order chi connectivity index (χ0) is 14.8. The van der Waals surface area contributed by atoms with Crippen LogP contribution in [0.1, 0.15) is 5.56 Å². The molecule has 1 heterocycles. The van der Waals surface area contributed by atoms with E-state index in [4.69, 9.17) is 0 Å². The number of para-hydroxylation sites is 1. The molecule has 0 aromatic heterocycles. The van der Waals surface area contributed by atoms with Gasteiger partial charge in [0.05, 0.1) is 5.71 Å². The van der Waals surface area contributed by atoms with Crippen LogP contribution in [0.5, 0.6) is 0 Å². The van der Waals surface area contributed by atoms with E-state index >= 15 is 0 Å². The van der Waals surface area contributed by atoms with Gasteiger partial charge in [0.2, 0.25) is 0 Å². The minimum atomic E-state index is -1.22. The molecule has 6 heteroatoms. The van der Waals surface area contributed by atoms with E-state index < -0.39 is 11.2 Å². The van der Waals surface area contributed by atoms with E-state index in [2.05, 4.69) is 9.98 Å². The summed E-state index contributed by atoms with van der Waals surface area (Å²) in [5.74, 6) is 0.435. The van der Waals surface area contributed by atoms with Crippen molar-refractivity contribution in [2.24, 2.45) is 9.98 Å². The molecule has 0 N–H and O–H groups in total. The van der Waals surface area contributed by atoms with Gasteiger partial charge in [0.25, 0.3) is 0 Å². The Balaban J connectivity index is 0.00000176. The number of allylic oxidation sites excluding steroid dienone is 2. The molecule has 4 nitrogen and oxygen atoms in total. The molecule has 2 unspecified atom stereocenters. The van der Waals surface area contributed by atoms with Crippen molar-refractivity contribution in [2.45, 2.75) is 11.8 Å². The van der Waals surface area contributed by atoms with Crippen LogP contribution in [0.25, 0.3) is 0 Å². The van der Waals surface area contributed by atoms with Crippen LogP contribution in [0, 0.1) is 0 Å². The molecule has 1 aromatic rings. The zero-order valence-electron chi connectivity index (χ0n) is 12.1. The monoisotopic (exact) mass is 323 g/mol. The normalized spacial score (nSPS) is 19.9. The maximum absolute atomic E-state index is 12.5. The molecular weight excluding hydrogens is 305 g/mol. The van der Waals surface area contributed by atoms with Crippen LogP contribution in [0.2, 0.25) is 0 Å². The summed E-state index contributed by atoms with van der Waals surface area (Å²) in [5, 5.41) is 0.444. The Kier molecular flexibility index (Phi) is 6.06. The second kappa shape index (κ2) is 7.62. The fraction of sp³-hybridized carbons (Fsp3) is 0.250. The van der Waals surface area contributed by atoms with Gasteiger partial charge in [-0.15, -0.1) is 0 Å². The Morgan fingerprint density at radius 3 is 2.73 bits per heavy atom. The summed E-state index contributed by atoms with van der Waals surface area (Å²) in [6.07, 6.45) is 7.77. The SMILES string of the molecule is CN(C)c1ccccc1C[S+]([O-])C1=NC2C=CC=CC2=N1.[NaH]. The first-order valence-electron chi connectivity index (χ1n) is 6.80. The molecule has 0 fully saturated rings. The fourth-order valence-corrected chi connectivity index (χ4v) is 3.47. The summed E-state index contributed by atoms with van der Waals surface area (Å²) in [4.78, 5) is 10.9. The van der Waals surface area contributed by atoms with Crippen LogP contribution in [-0.4, -0.2) is 65.1 Å². The van der Waals surface area contributed by atoms with Crippen LogP contribution in [-0.2, 0) is 16.9 Å². The van der Waals surface area contributed by atoms with Crippen LogP contribution in [0.4, 0.5) is 5.69 Å². The van der Waals surface area contributed by atoms with Crippen molar-refractivity contribution in [3.05, 3.63) is 54.1 Å². The van der Waals surface area contributed by atoms with Crippen molar-refractivity contribution in [1.29, 1.82) is 0 Å².